The second-order valence-corrected chi connectivity index (χ2v) is 7.18. The van der Waals surface area contributed by atoms with Crippen LogP contribution in [0.2, 0.25) is 0 Å². The van der Waals surface area contributed by atoms with Crippen LogP contribution in [-0.4, -0.2) is 48.6 Å². The lowest BCUT2D eigenvalue weighted by atomic mass is 9.50. The van der Waals surface area contributed by atoms with Crippen LogP contribution in [0.25, 0.3) is 0 Å². The maximum Gasteiger partial charge on any atom is 0.334 e. The molecule has 128 valence electrons. The monoisotopic (exact) mass is 324 g/mol. The number of ketones is 1. The molecule has 0 spiro atoms. The van der Waals surface area contributed by atoms with Crippen LogP contribution in [-0.2, 0) is 23.8 Å². The fourth-order valence-electron chi connectivity index (χ4n) is 4.57. The van der Waals surface area contributed by atoms with Crippen molar-refractivity contribution in [1.29, 1.82) is 0 Å². The van der Waals surface area contributed by atoms with Crippen LogP contribution in [0.4, 0.5) is 0 Å². The van der Waals surface area contributed by atoms with E-state index >= 15 is 0 Å². The molecule has 3 fully saturated rings. The number of methoxy groups -OCH3 is 1. The van der Waals surface area contributed by atoms with Gasteiger partial charge in [0.2, 0.25) is 0 Å². The summed E-state index contributed by atoms with van der Waals surface area (Å²) in [5, 5.41) is 11.1. The third-order valence-electron chi connectivity index (χ3n) is 5.98. The topological polar surface area (TPSA) is 82.1 Å². The molecule has 2 saturated carbocycles. The van der Waals surface area contributed by atoms with Crippen LogP contribution < -0.4 is 0 Å². The molecule has 2 aliphatic carbocycles. The first-order valence-corrected chi connectivity index (χ1v) is 8.05. The number of fused-ring (bicyclic) bond motifs is 4. The van der Waals surface area contributed by atoms with Crippen molar-refractivity contribution in [2.45, 2.75) is 50.9 Å². The van der Waals surface area contributed by atoms with Crippen LogP contribution in [0.3, 0.4) is 0 Å². The Kier molecular flexibility index (Phi) is 3.90. The van der Waals surface area contributed by atoms with E-state index in [0.717, 1.165) is 0 Å². The predicted octanol–water partition coefficient (Wildman–Crippen LogP) is 1.21. The van der Waals surface area contributed by atoms with Crippen molar-refractivity contribution in [2.24, 2.45) is 17.3 Å². The molecule has 6 nitrogen and oxygen atoms in total. The molecule has 0 aromatic carbocycles. The van der Waals surface area contributed by atoms with Gasteiger partial charge in [-0.05, 0) is 19.8 Å². The second-order valence-electron chi connectivity index (χ2n) is 7.18. The van der Waals surface area contributed by atoms with Gasteiger partial charge in [0, 0.05) is 25.0 Å². The fourth-order valence-corrected chi connectivity index (χ4v) is 4.57. The summed E-state index contributed by atoms with van der Waals surface area (Å²) in [4.78, 5) is 25.1. The van der Waals surface area contributed by atoms with Crippen LogP contribution in [0.15, 0.2) is 12.2 Å². The molecule has 1 heterocycles. The maximum absolute atomic E-state index is 13.2. The number of hydrogen-bond acceptors (Lipinski definition) is 6. The second kappa shape index (κ2) is 5.40. The molecule has 2 bridgehead atoms. The van der Waals surface area contributed by atoms with Gasteiger partial charge in [-0.15, -0.1) is 0 Å². The van der Waals surface area contributed by atoms with Gasteiger partial charge in [-0.1, -0.05) is 13.5 Å². The molecule has 6 atom stereocenters. The Bertz CT molecular complexity index is 557. The van der Waals surface area contributed by atoms with Crippen molar-refractivity contribution in [2.75, 3.05) is 13.9 Å². The largest absolute Gasteiger partial charge is 0.458 e. The van der Waals surface area contributed by atoms with Gasteiger partial charge in [0.1, 0.15) is 18.7 Å². The predicted molar refractivity (Wildman–Crippen MR) is 80.3 cm³/mol. The molecular weight excluding hydrogens is 300 g/mol. The third kappa shape index (κ3) is 2.19. The molecule has 0 unspecified atom stereocenters. The maximum atomic E-state index is 13.2. The number of ether oxygens (including phenoxy) is 3. The molecule has 0 aromatic heterocycles. The summed E-state index contributed by atoms with van der Waals surface area (Å²) in [7, 11) is 1.52. The summed E-state index contributed by atoms with van der Waals surface area (Å²) in [6, 6.07) is 0. The first-order chi connectivity index (χ1) is 10.8. The molecule has 1 saturated heterocycles. The zero-order valence-corrected chi connectivity index (χ0v) is 13.8. The average molecular weight is 324 g/mol. The van der Waals surface area contributed by atoms with E-state index in [4.69, 9.17) is 14.2 Å². The van der Waals surface area contributed by atoms with Gasteiger partial charge < -0.3 is 19.3 Å². The number of esters is 1. The highest BCUT2D eigenvalue weighted by molar-refractivity contribution is 5.97. The van der Waals surface area contributed by atoms with E-state index < -0.39 is 41.0 Å². The number of hydrogen-bond donors (Lipinski definition) is 1. The van der Waals surface area contributed by atoms with E-state index in [1.807, 2.05) is 13.8 Å². The SMILES string of the molecule is C=C1C(=O)O[C@H]2C[C@@]3(C)C(=O)[C@@H]([C@@H]12)[C@](O)(CC)C[C@@H]3OCOC. The Morgan fingerprint density at radius 2 is 2.09 bits per heavy atom. The minimum atomic E-state index is -1.23. The molecule has 3 aliphatic rings. The number of carbonyl (C=O) groups is 2. The smallest absolute Gasteiger partial charge is 0.334 e. The number of carbonyl (C=O) groups excluding carboxylic acids is 2. The van der Waals surface area contributed by atoms with Crippen LogP contribution in [0, 0.1) is 17.3 Å². The van der Waals surface area contributed by atoms with Crippen molar-refractivity contribution < 1.29 is 28.9 Å². The van der Waals surface area contributed by atoms with Gasteiger partial charge in [-0.25, -0.2) is 4.79 Å². The third-order valence-corrected chi connectivity index (χ3v) is 5.98. The normalized spacial score (nSPS) is 45.8. The standard InChI is InChI=1S/C17H24O6/c1-5-17(20)7-11(22-8-21-4)16(3)6-10-12(13(17)14(16)18)9(2)15(19)23-10/h10-13,20H,2,5-8H2,1,3-4H3/t10-,11-,12-,13+,16+,17-/m0/s1. The summed E-state index contributed by atoms with van der Waals surface area (Å²) in [5.74, 6) is -1.62. The summed E-state index contributed by atoms with van der Waals surface area (Å²) >= 11 is 0. The van der Waals surface area contributed by atoms with Gasteiger partial charge in [-0.3, -0.25) is 4.79 Å². The van der Waals surface area contributed by atoms with E-state index in [1.165, 1.54) is 7.11 Å². The van der Waals surface area contributed by atoms with E-state index in [-0.39, 0.29) is 12.6 Å². The van der Waals surface area contributed by atoms with Crippen molar-refractivity contribution in [3.8, 4) is 0 Å². The quantitative estimate of drug-likeness (QED) is 0.475. The first kappa shape index (κ1) is 16.6. The lowest BCUT2D eigenvalue weighted by Gasteiger charge is -2.56. The molecule has 3 rings (SSSR count). The zero-order valence-electron chi connectivity index (χ0n) is 13.8. The van der Waals surface area contributed by atoms with Crippen LogP contribution >= 0.6 is 0 Å². The van der Waals surface area contributed by atoms with Crippen LogP contribution in [0.5, 0.6) is 0 Å². The first-order valence-electron chi connectivity index (χ1n) is 8.05. The number of Topliss-reactive ketones (excluding diaryl/α,β-unsaturated/α-hetero) is 1. The van der Waals surface area contributed by atoms with E-state index in [1.54, 1.807) is 0 Å². The minimum Gasteiger partial charge on any atom is -0.458 e. The van der Waals surface area contributed by atoms with Crippen LogP contribution in [0.1, 0.15) is 33.1 Å². The fraction of sp³-hybridized carbons (Fsp3) is 0.765. The van der Waals surface area contributed by atoms with E-state index in [2.05, 4.69) is 6.58 Å². The molecular formula is C17H24O6. The highest BCUT2D eigenvalue weighted by Crippen LogP contribution is 2.58. The van der Waals surface area contributed by atoms with Crippen molar-refractivity contribution >= 4 is 11.8 Å². The summed E-state index contributed by atoms with van der Waals surface area (Å²) in [5.41, 5.74) is -1.72. The number of rotatable bonds is 4. The average Bonchev–Trinajstić information content (AvgIpc) is 2.77. The van der Waals surface area contributed by atoms with E-state index in [0.29, 0.717) is 24.8 Å². The molecule has 0 radical (unpaired) electrons. The lowest BCUT2D eigenvalue weighted by molar-refractivity contribution is -0.216. The Balaban J connectivity index is 2.04. The Morgan fingerprint density at radius 1 is 1.39 bits per heavy atom. The summed E-state index contributed by atoms with van der Waals surface area (Å²) in [6.07, 6.45) is 0.243. The van der Waals surface area contributed by atoms with E-state index in [9.17, 15) is 14.7 Å². The Labute approximate surface area is 135 Å². The minimum absolute atomic E-state index is 0.0542. The molecule has 1 N–H and O–H groups in total. The lowest BCUT2D eigenvalue weighted by Crippen LogP contribution is -2.66. The summed E-state index contributed by atoms with van der Waals surface area (Å²) in [6.45, 7) is 7.53. The van der Waals surface area contributed by atoms with Gasteiger partial charge in [0.25, 0.3) is 0 Å². The Morgan fingerprint density at radius 3 is 2.70 bits per heavy atom. The molecule has 0 aromatic rings. The van der Waals surface area contributed by atoms with Gasteiger partial charge in [-0.2, -0.15) is 0 Å². The van der Waals surface area contributed by atoms with Gasteiger partial charge in [0.15, 0.2) is 0 Å². The molecule has 6 heteroatoms. The molecule has 0 amide bonds. The van der Waals surface area contributed by atoms with Gasteiger partial charge >= 0.3 is 5.97 Å². The molecule has 1 aliphatic heterocycles. The zero-order chi connectivity index (χ0) is 17.0. The Hall–Kier alpha value is -1.24. The summed E-state index contributed by atoms with van der Waals surface area (Å²) < 4.78 is 16.1. The van der Waals surface area contributed by atoms with Crippen molar-refractivity contribution in [3.05, 3.63) is 12.2 Å². The number of aliphatic hydroxyl groups is 1. The van der Waals surface area contributed by atoms with Gasteiger partial charge in [0.05, 0.1) is 23.0 Å². The van der Waals surface area contributed by atoms with Crippen molar-refractivity contribution in [3.63, 3.8) is 0 Å². The highest BCUT2D eigenvalue weighted by atomic mass is 16.7. The van der Waals surface area contributed by atoms with Crippen molar-refractivity contribution in [1.82, 2.24) is 0 Å². The molecule has 23 heavy (non-hydrogen) atoms. The highest BCUT2D eigenvalue weighted by Gasteiger charge is 2.67.